The third-order valence-electron chi connectivity index (χ3n) is 2.84. The van der Waals surface area contributed by atoms with Crippen molar-refractivity contribution >= 4 is 39.0 Å². The molecule has 1 N–H and O–H groups in total. The third-order valence-corrected chi connectivity index (χ3v) is 3.88. The zero-order chi connectivity index (χ0) is 14.1. The Labute approximate surface area is 124 Å². The number of halogens is 2. The standard InChI is InChI=1S/C14H11ClFN3S/c1-2-17-12-9-5-6-20-14(9)19-13(18-12)10-7-8(15)3-4-11(10)16/h3-7H,2H2,1H3,(H,17,18,19). The second kappa shape index (κ2) is 5.34. The molecule has 0 radical (unpaired) electrons. The number of rotatable bonds is 3. The normalized spacial score (nSPS) is 10.9. The predicted molar refractivity (Wildman–Crippen MR) is 82.0 cm³/mol. The van der Waals surface area contributed by atoms with Crippen LogP contribution in [0.1, 0.15) is 6.92 Å². The smallest absolute Gasteiger partial charge is 0.166 e. The third kappa shape index (κ3) is 2.34. The van der Waals surface area contributed by atoms with Crippen LogP contribution in [0.25, 0.3) is 21.6 Å². The Morgan fingerprint density at radius 3 is 2.95 bits per heavy atom. The Hall–Kier alpha value is -1.72. The monoisotopic (exact) mass is 307 g/mol. The molecule has 3 rings (SSSR count). The van der Waals surface area contributed by atoms with Crippen LogP contribution in [-0.2, 0) is 0 Å². The SMILES string of the molecule is CCNc1nc(-c2cc(Cl)ccc2F)nc2sccc12. The lowest BCUT2D eigenvalue weighted by molar-refractivity contribution is 0.630. The highest BCUT2D eigenvalue weighted by atomic mass is 35.5. The molecular weight excluding hydrogens is 297 g/mol. The van der Waals surface area contributed by atoms with Gasteiger partial charge in [0.05, 0.1) is 10.9 Å². The van der Waals surface area contributed by atoms with E-state index in [9.17, 15) is 4.39 Å². The summed E-state index contributed by atoms with van der Waals surface area (Å²) in [6, 6.07) is 6.33. The van der Waals surface area contributed by atoms with Crippen molar-refractivity contribution in [3.8, 4) is 11.4 Å². The molecule has 0 aliphatic carbocycles. The summed E-state index contributed by atoms with van der Waals surface area (Å²) in [7, 11) is 0. The molecule has 0 atom stereocenters. The molecule has 2 aromatic heterocycles. The van der Waals surface area contributed by atoms with Crippen LogP contribution in [0, 0.1) is 5.82 Å². The maximum absolute atomic E-state index is 13.9. The number of hydrogen-bond donors (Lipinski definition) is 1. The van der Waals surface area contributed by atoms with E-state index in [-0.39, 0.29) is 5.82 Å². The van der Waals surface area contributed by atoms with Crippen LogP contribution in [0.4, 0.5) is 10.2 Å². The first-order chi connectivity index (χ1) is 9.69. The Kier molecular flexibility index (Phi) is 3.54. The molecule has 1 aromatic carbocycles. The summed E-state index contributed by atoms with van der Waals surface area (Å²) < 4.78 is 13.9. The molecule has 6 heteroatoms. The fourth-order valence-corrected chi connectivity index (χ4v) is 2.88. The molecule has 20 heavy (non-hydrogen) atoms. The number of benzene rings is 1. The van der Waals surface area contributed by atoms with E-state index in [4.69, 9.17) is 11.6 Å². The van der Waals surface area contributed by atoms with Crippen molar-refractivity contribution in [2.75, 3.05) is 11.9 Å². The molecule has 0 amide bonds. The van der Waals surface area contributed by atoms with Crippen molar-refractivity contribution in [3.05, 3.63) is 40.5 Å². The topological polar surface area (TPSA) is 37.8 Å². The minimum Gasteiger partial charge on any atom is -0.370 e. The lowest BCUT2D eigenvalue weighted by Gasteiger charge is -2.08. The van der Waals surface area contributed by atoms with Crippen molar-refractivity contribution in [2.45, 2.75) is 6.92 Å². The molecule has 0 saturated carbocycles. The number of aromatic nitrogens is 2. The van der Waals surface area contributed by atoms with Gasteiger partial charge in [-0.2, -0.15) is 0 Å². The number of fused-ring (bicyclic) bond motifs is 1. The van der Waals surface area contributed by atoms with Gasteiger partial charge in [0.25, 0.3) is 0 Å². The Balaban J connectivity index is 2.23. The summed E-state index contributed by atoms with van der Waals surface area (Å²) in [5.74, 6) is 0.678. The molecule has 0 unspecified atom stereocenters. The molecule has 3 nitrogen and oxygen atoms in total. The largest absolute Gasteiger partial charge is 0.370 e. The number of hydrogen-bond acceptors (Lipinski definition) is 4. The van der Waals surface area contributed by atoms with Gasteiger partial charge in [0.1, 0.15) is 16.5 Å². The maximum Gasteiger partial charge on any atom is 0.166 e. The maximum atomic E-state index is 13.9. The van der Waals surface area contributed by atoms with Crippen LogP contribution in [0.3, 0.4) is 0 Å². The predicted octanol–water partition coefficient (Wildman–Crippen LogP) is 4.58. The van der Waals surface area contributed by atoms with E-state index < -0.39 is 0 Å². The fourth-order valence-electron chi connectivity index (χ4n) is 1.95. The molecule has 2 heterocycles. The quantitative estimate of drug-likeness (QED) is 0.769. The summed E-state index contributed by atoms with van der Waals surface area (Å²) in [5.41, 5.74) is 0.312. The first-order valence-electron chi connectivity index (χ1n) is 6.13. The highest BCUT2D eigenvalue weighted by Gasteiger charge is 2.13. The van der Waals surface area contributed by atoms with Gasteiger partial charge in [0.15, 0.2) is 5.82 Å². The van der Waals surface area contributed by atoms with Crippen LogP contribution in [0.2, 0.25) is 5.02 Å². The molecule has 0 aliphatic rings. The van der Waals surface area contributed by atoms with Gasteiger partial charge in [-0.3, -0.25) is 0 Å². The first kappa shape index (κ1) is 13.3. The van der Waals surface area contributed by atoms with E-state index in [2.05, 4.69) is 15.3 Å². The van der Waals surface area contributed by atoms with E-state index in [0.29, 0.717) is 22.2 Å². The van der Waals surface area contributed by atoms with Crippen molar-refractivity contribution in [2.24, 2.45) is 0 Å². The van der Waals surface area contributed by atoms with Gasteiger partial charge in [-0.15, -0.1) is 11.3 Å². The average molecular weight is 308 g/mol. The van der Waals surface area contributed by atoms with E-state index in [1.165, 1.54) is 23.5 Å². The van der Waals surface area contributed by atoms with Crippen molar-refractivity contribution in [3.63, 3.8) is 0 Å². The van der Waals surface area contributed by atoms with Crippen LogP contribution < -0.4 is 5.32 Å². The van der Waals surface area contributed by atoms with E-state index in [0.717, 1.165) is 16.8 Å². The van der Waals surface area contributed by atoms with Crippen LogP contribution in [0.15, 0.2) is 29.6 Å². The summed E-state index contributed by atoms with van der Waals surface area (Å²) in [6.07, 6.45) is 0. The van der Waals surface area contributed by atoms with E-state index in [1.807, 2.05) is 18.4 Å². The van der Waals surface area contributed by atoms with E-state index >= 15 is 0 Å². The zero-order valence-electron chi connectivity index (χ0n) is 10.7. The average Bonchev–Trinajstić information content (AvgIpc) is 2.90. The molecule has 0 saturated heterocycles. The van der Waals surface area contributed by atoms with Crippen molar-refractivity contribution < 1.29 is 4.39 Å². The molecule has 0 bridgehead atoms. The summed E-state index contributed by atoms with van der Waals surface area (Å²) >= 11 is 7.43. The van der Waals surface area contributed by atoms with Gasteiger partial charge < -0.3 is 5.32 Å². The molecule has 3 aromatic rings. The molecule has 102 valence electrons. The fraction of sp³-hybridized carbons (Fsp3) is 0.143. The summed E-state index contributed by atoms with van der Waals surface area (Å²) in [6.45, 7) is 2.72. The molecule has 0 fully saturated rings. The van der Waals surface area contributed by atoms with Gasteiger partial charge in [0.2, 0.25) is 0 Å². The summed E-state index contributed by atoms with van der Waals surface area (Å²) in [5, 5.41) is 6.53. The van der Waals surface area contributed by atoms with Gasteiger partial charge in [-0.05, 0) is 36.6 Å². The Morgan fingerprint density at radius 2 is 2.15 bits per heavy atom. The second-order valence-electron chi connectivity index (χ2n) is 4.19. The Bertz CT molecular complexity index is 772. The minimum atomic E-state index is -0.382. The molecule has 0 spiro atoms. The van der Waals surface area contributed by atoms with Crippen molar-refractivity contribution in [1.29, 1.82) is 0 Å². The first-order valence-corrected chi connectivity index (χ1v) is 7.39. The Morgan fingerprint density at radius 1 is 1.30 bits per heavy atom. The summed E-state index contributed by atoms with van der Waals surface area (Å²) in [4.78, 5) is 9.66. The van der Waals surface area contributed by atoms with Gasteiger partial charge in [-0.25, -0.2) is 14.4 Å². The molecular formula is C14H11ClFN3S. The van der Waals surface area contributed by atoms with E-state index in [1.54, 1.807) is 6.07 Å². The van der Waals surface area contributed by atoms with Gasteiger partial charge in [-0.1, -0.05) is 11.6 Å². The minimum absolute atomic E-state index is 0.312. The van der Waals surface area contributed by atoms with Crippen molar-refractivity contribution in [1.82, 2.24) is 9.97 Å². The number of nitrogens with zero attached hydrogens (tertiary/aromatic N) is 2. The number of thiophene rings is 1. The lowest BCUT2D eigenvalue weighted by atomic mass is 10.2. The van der Waals surface area contributed by atoms with Gasteiger partial charge in [0, 0.05) is 11.6 Å². The van der Waals surface area contributed by atoms with Gasteiger partial charge >= 0.3 is 0 Å². The molecule has 0 aliphatic heterocycles. The highest BCUT2D eigenvalue weighted by Crippen LogP contribution is 2.30. The lowest BCUT2D eigenvalue weighted by Crippen LogP contribution is -2.02. The zero-order valence-corrected chi connectivity index (χ0v) is 12.2. The van der Waals surface area contributed by atoms with Crippen LogP contribution in [0.5, 0.6) is 0 Å². The highest BCUT2D eigenvalue weighted by molar-refractivity contribution is 7.16. The second-order valence-corrected chi connectivity index (χ2v) is 5.52. The van der Waals surface area contributed by atoms with Crippen LogP contribution in [-0.4, -0.2) is 16.5 Å². The number of anilines is 1. The van der Waals surface area contributed by atoms with Crippen LogP contribution >= 0.6 is 22.9 Å². The number of nitrogens with one attached hydrogen (secondary N) is 1.